The first kappa shape index (κ1) is 17.6. The van der Waals surface area contributed by atoms with Crippen molar-refractivity contribution < 1.29 is 8.78 Å². The van der Waals surface area contributed by atoms with Gasteiger partial charge in [-0.15, -0.1) is 0 Å². The van der Waals surface area contributed by atoms with Crippen LogP contribution in [0.4, 0.5) is 14.5 Å². The summed E-state index contributed by atoms with van der Waals surface area (Å²) in [6.45, 7) is 4.08. The highest BCUT2D eigenvalue weighted by Crippen LogP contribution is 2.38. The van der Waals surface area contributed by atoms with Crippen molar-refractivity contribution in [1.82, 2.24) is 0 Å². The largest absolute Gasteiger partial charge is 0.303 e. The van der Waals surface area contributed by atoms with E-state index < -0.39 is 11.6 Å². The minimum absolute atomic E-state index is 0.0891. The van der Waals surface area contributed by atoms with Gasteiger partial charge >= 0.3 is 0 Å². The Labute approximate surface area is 153 Å². The summed E-state index contributed by atoms with van der Waals surface area (Å²) in [6, 6.07) is 6.93. The number of anilines is 1. The topological polar surface area (TPSA) is 28.0 Å². The average Bonchev–Trinajstić information content (AvgIpc) is 2.70. The Balaban J connectivity index is 2.37. The van der Waals surface area contributed by atoms with Crippen LogP contribution in [0.15, 0.2) is 52.6 Å². The maximum absolute atomic E-state index is 14.4. The molecule has 3 nitrogen and oxygen atoms in total. The molecule has 128 valence electrons. The zero-order chi connectivity index (χ0) is 18.1. The van der Waals surface area contributed by atoms with Gasteiger partial charge in [-0.05, 0) is 24.3 Å². The first-order chi connectivity index (χ1) is 12.0. The SMILES string of the molecule is C=C1CN=C(c2c(F)cccc2F)c2c(ccc(Cl)c2Cl)N1C=NC. The molecule has 0 fully saturated rings. The normalized spacial score (nSPS) is 14.5. The van der Waals surface area contributed by atoms with Crippen LogP contribution in [0, 0.1) is 11.6 Å². The van der Waals surface area contributed by atoms with Crippen LogP contribution in [-0.2, 0) is 0 Å². The molecule has 1 aliphatic heterocycles. The maximum Gasteiger partial charge on any atom is 0.135 e. The third-order valence-corrected chi connectivity index (χ3v) is 4.56. The van der Waals surface area contributed by atoms with Crippen LogP contribution in [0.1, 0.15) is 11.1 Å². The molecule has 0 bridgehead atoms. The third-order valence-electron chi connectivity index (χ3n) is 3.76. The molecule has 25 heavy (non-hydrogen) atoms. The van der Waals surface area contributed by atoms with Crippen molar-refractivity contribution in [2.24, 2.45) is 9.98 Å². The fourth-order valence-electron chi connectivity index (χ4n) is 2.65. The number of fused-ring (bicyclic) bond motifs is 1. The lowest BCUT2D eigenvalue weighted by Crippen LogP contribution is -2.22. The summed E-state index contributed by atoms with van der Waals surface area (Å²) < 4.78 is 28.8. The van der Waals surface area contributed by atoms with Gasteiger partial charge in [0.15, 0.2) is 0 Å². The predicted molar refractivity (Wildman–Crippen MR) is 99.4 cm³/mol. The Morgan fingerprint density at radius 3 is 2.48 bits per heavy atom. The number of benzene rings is 2. The molecule has 0 amide bonds. The number of rotatable bonds is 2. The van der Waals surface area contributed by atoms with E-state index in [9.17, 15) is 8.78 Å². The summed E-state index contributed by atoms with van der Waals surface area (Å²) in [5.41, 5.74) is 1.29. The number of nitrogens with zero attached hydrogens (tertiary/aromatic N) is 3. The van der Waals surface area contributed by atoms with E-state index in [1.54, 1.807) is 30.4 Å². The number of hydrogen-bond donors (Lipinski definition) is 0. The summed E-state index contributed by atoms with van der Waals surface area (Å²) in [4.78, 5) is 10.0. The summed E-state index contributed by atoms with van der Waals surface area (Å²) >= 11 is 12.5. The maximum atomic E-state index is 14.4. The molecule has 7 heteroatoms. The van der Waals surface area contributed by atoms with E-state index in [-0.39, 0.29) is 27.9 Å². The molecule has 2 aromatic rings. The van der Waals surface area contributed by atoms with Gasteiger partial charge in [0.1, 0.15) is 11.6 Å². The van der Waals surface area contributed by atoms with E-state index in [1.807, 2.05) is 0 Å². The lowest BCUT2D eigenvalue weighted by Gasteiger charge is -2.22. The Morgan fingerprint density at radius 1 is 1.16 bits per heavy atom. The number of hydrogen-bond acceptors (Lipinski definition) is 2. The van der Waals surface area contributed by atoms with Crippen LogP contribution in [0.2, 0.25) is 10.0 Å². The number of benzodiazepines with no additional fused rings is 1. The second kappa shape index (κ2) is 6.94. The van der Waals surface area contributed by atoms with E-state index in [0.29, 0.717) is 16.9 Å². The monoisotopic (exact) mass is 379 g/mol. The highest BCUT2D eigenvalue weighted by molar-refractivity contribution is 6.45. The Hall–Kier alpha value is -2.24. The molecule has 2 aromatic carbocycles. The predicted octanol–water partition coefficient (Wildman–Crippen LogP) is 5.10. The molecule has 0 N–H and O–H groups in total. The van der Waals surface area contributed by atoms with Gasteiger partial charge in [-0.3, -0.25) is 9.98 Å². The second-order valence-corrected chi connectivity index (χ2v) is 6.11. The molecule has 0 aromatic heterocycles. The van der Waals surface area contributed by atoms with Crippen molar-refractivity contribution in [3.8, 4) is 0 Å². The van der Waals surface area contributed by atoms with E-state index in [0.717, 1.165) is 0 Å². The molecule has 0 atom stereocenters. The van der Waals surface area contributed by atoms with Gasteiger partial charge in [0.2, 0.25) is 0 Å². The van der Waals surface area contributed by atoms with Crippen LogP contribution < -0.4 is 4.90 Å². The van der Waals surface area contributed by atoms with E-state index in [4.69, 9.17) is 23.2 Å². The minimum atomic E-state index is -0.732. The van der Waals surface area contributed by atoms with Gasteiger partial charge in [0.05, 0.1) is 39.9 Å². The van der Waals surface area contributed by atoms with Crippen molar-refractivity contribution in [2.45, 2.75) is 0 Å². The van der Waals surface area contributed by atoms with Crippen LogP contribution in [0.3, 0.4) is 0 Å². The lowest BCUT2D eigenvalue weighted by molar-refractivity contribution is 0.579. The van der Waals surface area contributed by atoms with Crippen LogP contribution in [-0.4, -0.2) is 25.6 Å². The molecule has 0 aliphatic carbocycles. The zero-order valence-corrected chi connectivity index (χ0v) is 14.7. The molecule has 0 spiro atoms. The number of halogens is 4. The van der Waals surface area contributed by atoms with Crippen LogP contribution in [0.5, 0.6) is 0 Å². The molecule has 0 radical (unpaired) electrons. The molecular formula is C18H13Cl2F2N3. The average molecular weight is 380 g/mol. The standard InChI is InChI=1S/C18H13Cl2F2N3/c1-10-8-24-18(15-12(21)4-3-5-13(15)22)16-14(25(10)9-23-2)7-6-11(19)17(16)20/h3-7,9H,1,8H2,2H3. The van der Waals surface area contributed by atoms with Crippen molar-refractivity contribution >= 4 is 40.9 Å². The van der Waals surface area contributed by atoms with Gasteiger partial charge in [-0.25, -0.2) is 8.78 Å². The highest BCUT2D eigenvalue weighted by atomic mass is 35.5. The van der Waals surface area contributed by atoms with Crippen LogP contribution >= 0.6 is 23.2 Å². The molecule has 0 saturated heterocycles. The van der Waals surface area contributed by atoms with Crippen LogP contribution in [0.25, 0.3) is 0 Å². The third kappa shape index (κ3) is 3.05. The van der Waals surface area contributed by atoms with Gasteiger partial charge < -0.3 is 4.90 Å². The van der Waals surface area contributed by atoms with E-state index >= 15 is 0 Å². The van der Waals surface area contributed by atoms with Gasteiger partial charge in [0.25, 0.3) is 0 Å². The Bertz CT molecular complexity index is 903. The molecule has 3 rings (SSSR count). The fraction of sp³-hybridized carbons (Fsp3) is 0.111. The van der Waals surface area contributed by atoms with Gasteiger partial charge in [-0.1, -0.05) is 35.8 Å². The minimum Gasteiger partial charge on any atom is -0.303 e. The van der Waals surface area contributed by atoms with Crippen molar-refractivity contribution in [2.75, 3.05) is 18.5 Å². The van der Waals surface area contributed by atoms with Crippen molar-refractivity contribution in [3.63, 3.8) is 0 Å². The lowest BCUT2D eigenvalue weighted by atomic mass is 9.99. The molecule has 0 saturated carbocycles. The summed E-state index contributed by atoms with van der Waals surface area (Å²) in [6.07, 6.45) is 1.54. The molecule has 0 unspecified atom stereocenters. The molecule has 1 aliphatic rings. The molecular weight excluding hydrogens is 367 g/mol. The second-order valence-electron chi connectivity index (χ2n) is 5.33. The Kier molecular flexibility index (Phi) is 4.88. The van der Waals surface area contributed by atoms with E-state index in [1.165, 1.54) is 18.2 Å². The summed E-state index contributed by atoms with van der Waals surface area (Å²) in [7, 11) is 1.60. The first-order valence-electron chi connectivity index (χ1n) is 7.32. The van der Waals surface area contributed by atoms with Gasteiger partial charge in [0, 0.05) is 18.3 Å². The molecule has 1 heterocycles. The smallest absolute Gasteiger partial charge is 0.135 e. The highest BCUT2D eigenvalue weighted by Gasteiger charge is 2.28. The van der Waals surface area contributed by atoms with Crippen molar-refractivity contribution in [3.05, 3.63) is 75.4 Å². The fourth-order valence-corrected chi connectivity index (χ4v) is 3.06. The first-order valence-corrected chi connectivity index (χ1v) is 8.07. The van der Waals surface area contributed by atoms with Gasteiger partial charge in [-0.2, -0.15) is 0 Å². The summed E-state index contributed by atoms with van der Waals surface area (Å²) in [5, 5.41) is 0.413. The quantitative estimate of drug-likeness (QED) is 0.526. The number of aliphatic imine (C=N–C) groups is 2. The Morgan fingerprint density at radius 2 is 1.84 bits per heavy atom. The summed E-state index contributed by atoms with van der Waals surface area (Å²) in [5.74, 6) is -1.46. The van der Waals surface area contributed by atoms with E-state index in [2.05, 4.69) is 16.6 Å². The zero-order valence-electron chi connectivity index (χ0n) is 13.2. The van der Waals surface area contributed by atoms with Crippen molar-refractivity contribution in [1.29, 1.82) is 0 Å².